The summed E-state index contributed by atoms with van der Waals surface area (Å²) in [4.78, 5) is 9.45. The number of halogens is 3. The van der Waals surface area contributed by atoms with E-state index in [1.807, 2.05) is 0 Å². The lowest BCUT2D eigenvalue weighted by Crippen LogP contribution is -2.36. The van der Waals surface area contributed by atoms with Gasteiger partial charge >= 0.3 is 6.18 Å². The molecule has 0 saturated carbocycles. The number of ether oxygens (including phenoxy) is 1. The Kier molecular flexibility index (Phi) is 3.65. The molecule has 2 aromatic rings. The van der Waals surface area contributed by atoms with E-state index in [2.05, 4.69) is 9.97 Å². The van der Waals surface area contributed by atoms with Crippen molar-refractivity contribution in [2.45, 2.75) is 6.18 Å². The fourth-order valence-corrected chi connectivity index (χ4v) is 2.24. The number of nitrogens with zero attached hydrogens (tertiary/aromatic N) is 3. The maximum atomic E-state index is 12.9. The molecule has 0 bridgehead atoms. The number of rotatable bonds is 2. The lowest BCUT2D eigenvalue weighted by Gasteiger charge is -2.30. The van der Waals surface area contributed by atoms with Crippen molar-refractivity contribution in [3.63, 3.8) is 0 Å². The van der Waals surface area contributed by atoms with E-state index in [0.717, 1.165) is 12.3 Å². The minimum atomic E-state index is -4.47. The summed E-state index contributed by atoms with van der Waals surface area (Å²) in [5, 5.41) is 0. The van der Waals surface area contributed by atoms with Crippen LogP contribution in [0.2, 0.25) is 0 Å². The molecular formula is C13H13F3N4O2. The van der Waals surface area contributed by atoms with Crippen LogP contribution < -0.4 is 10.6 Å². The van der Waals surface area contributed by atoms with Crippen molar-refractivity contribution >= 4 is 11.7 Å². The van der Waals surface area contributed by atoms with Crippen LogP contribution in [-0.4, -0.2) is 36.3 Å². The van der Waals surface area contributed by atoms with Gasteiger partial charge in [0.25, 0.3) is 6.01 Å². The van der Waals surface area contributed by atoms with E-state index in [9.17, 15) is 13.2 Å². The summed E-state index contributed by atoms with van der Waals surface area (Å²) in [6, 6.07) is 0.997. The van der Waals surface area contributed by atoms with E-state index in [4.69, 9.17) is 14.9 Å². The average Bonchev–Trinajstić information content (AvgIpc) is 2.93. The summed E-state index contributed by atoms with van der Waals surface area (Å²) in [6.45, 7) is 1.82. The zero-order valence-corrected chi connectivity index (χ0v) is 11.4. The molecule has 0 spiro atoms. The summed E-state index contributed by atoms with van der Waals surface area (Å²) in [6.07, 6.45) is -2.35. The first-order valence-electron chi connectivity index (χ1n) is 6.57. The largest absolute Gasteiger partial charge is 0.422 e. The first-order chi connectivity index (χ1) is 10.4. The van der Waals surface area contributed by atoms with Gasteiger partial charge in [0.05, 0.1) is 30.7 Å². The lowest BCUT2D eigenvalue weighted by molar-refractivity contribution is -0.137. The van der Waals surface area contributed by atoms with Gasteiger partial charge in [0.2, 0.25) is 0 Å². The van der Waals surface area contributed by atoms with E-state index in [1.54, 1.807) is 4.90 Å². The normalized spacial score (nSPS) is 16.0. The predicted octanol–water partition coefficient (Wildman–Crippen LogP) is 2.17. The Morgan fingerprint density at radius 2 is 1.86 bits per heavy atom. The molecule has 2 aromatic heterocycles. The molecule has 0 unspecified atom stereocenters. The predicted molar refractivity (Wildman–Crippen MR) is 72.2 cm³/mol. The van der Waals surface area contributed by atoms with Gasteiger partial charge < -0.3 is 19.8 Å². The van der Waals surface area contributed by atoms with Crippen molar-refractivity contribution in [3.05, 3.63) is 24.0 Å². The SMILES string of the molecule is Nc1ncc(-c2ncc(C(F)(F)F)cc2N2CCOCC2)o1. The summed E-state index contributed by atoms with van der Waals surface area (Å²) < 4.78 is 49.2. The van der Waals surface area contributed by atoms with Crippen LogP contribution in [0.3, 0.4) is 0 Å². The Balaban J connectivity index is 2.08. The van der Waals surface area contributed by atoms with Gasteiger partial charge in [-0.2, -0.15) is 13.2 Å². The molecule has 1 aliphatic heterocycles. The number of anilines is 2. The first-order valence-corrected chi connectivity index (χ1v) is 6.57. The van der Waals surface area contributed by atoms with E-state index in [0.29, 0.717) is 32.0 Å². The molecular weight excluding hydrogens is 301 g/mol. The van der Waals surface area contributed by atoms with E-state index < -0.39 is 11.7 Å². The van der Waals surface area contributed by atoms with Gasteiger partial charge in [-0.15, -0.1) is 0 Å². The van der Waals surface area contributed by atoms with Crippen LogP contribution >= 0.6 is 0 Å². The standard InChI is InChI=1S/C13H13F3N4O2/c14-13(15,16)8-5-9(20-1-3-21-4-2-20)11(18-6-8)10-7-19-12(17)22-10/h5-7H,1-4H2,(H2,17,19). The van der Waals surface area contributed by atoms with Gasteiger partial charge in [-0.05, 0) is 6.07 Å². The zero-order valence-electron chi connectivity index (χ0n) is 11.4. The summed E-state index contributed by atoms with van der Waals surface area (Å²) >= 11 is 0. The highest BCUT2D eigenvalue weighted by atomic mass is 19.4. The number of hydrogen-bond donors (Lipinski definition) is 1. The van der Waals surface area contributed by atoms with Gasteiger partial charge in [0.1, 0.15) is 5.69 Å². The van der Waals surface area contributed by atoms with Crippen molar-refractivity contribution in [1.82, 2.24) is 9.97 Å². The molecule has 3 rings (SSSR count). The Hall–Kier alpha value is -2.29. The summed E-state index contributed by atoms with van der Waals surface area (Å²) in [5.74, 6) is 0.229. The van der Waals surface area contributed by atoms with Gasteiger partial charge in [0.15, 0.2) is 5.76 Å². The highest BCUT2D eigenvalue weighted by Gasteiger charge is 2.33. The number of oxazole rings is 1. The molecule has 6 nitrogen and oxygen atoms in total. The first kappa shape index (κ1) is 14.6. The Morgan fingerprint density at radius 1 is 1.14 bits per heavy atom. The Labute approximate surface area is 123 Å². The van der Waals surface area contributed by atoms with Crippen molar-refractivity contribution in [2.75, 3.05) is 36.9 Å². The van der Waals surface area contributed by atoms with Crippen LogP contribution in [-0.2, 0) is 10.9 Å². The molecule has 22 heavy (non-hydrogen) atoms. The van der Waals surface area contributed by atoms with Crippen LogP contribution in [0.25, 0.3) is 11.5 Å². The quantitative estimate of drug-likeness (QED) is 0.915. The van der Waals surface area contributed by atoms with E-state index in [1.165, 1.54) is 6.20 Å². The summed E-state index contributed by atoms with van der Waals surface area (Å²) in [5.41, 5.74) is 5.21. The second kappa shape index (κ2) is 5.48. The summed E-state index contributed by atoms with van der Waals surface area (Å²) in [7, 11) is 0. The minimum Gasteiger partial charge on any atom is -0.422 e. The van der Waals surface area contributed by atoms with Gasteiger partial charge in [-0.25, -0.2) is 4.98 Å². The minimum absolute atomic E-state index is 0.0652. The molecule has 1 fully saturated rings. The fraction of sp³-hybridized carbons (Fsp3) is 0.385. The molecule has 1 aliphatic rings. The van der Waals surface area contributed by atoms with Crippen LogP contribution in [0.15, 0.2) is 22.9 Å². The smallest absolute Gasteiger partial charge is 0.417 e. The van der Waals surface area contributed by atoms with Gasteiger partial charge in [-0.3, -0.25) is 4.98 Å². The topological polar surface area (TPSA) is 77.4 Å². The van der Waals surface area contributed by atoms with Crippen LogP contribution in [0, 0.1) is 0 Å². The molecule has 0 aromatic carbocycles. The fourth-order valence-electron chi connectivity index (χ4n) is 2.24. The number of hydrogen-bond acceptors (Lipinski definition) is 6. The molecule has 9 heteroatoms. The molecule has 3 heterocycles. The molecule has 1 saturated heterocycles. The highest BCUT2D eigenvalue weighted by molar-refractivity contribution is 5.72. The number of pyridine rings is 1. The molecule has 0 radical (unpaired) electrons. The number of morpholine rings is 1. The average molecular weight is 314 g/mol. The third-order valence-corrected chi connectivity index (χ3v) is 3.30. The van der Waals surface area contributed by atoms with Crippen molar-refractivity contribution < 1.29 is 22.3 Å². The van der Waals surface area contributed by atoms with Crippen LogP contribution in [0.5, 0.6) is 0 Å². The zero-order chi connectivity index (χ0) is 15.7. The molecule has 2 N–H and O–H groups in total. The van der Waals surface area contributed by atoms with Crippen molar-refractivity contribution in [1.29, 1.82) is 0 Å². The Bertz CT molecular complexity index is 666. The van der Waals surface area contributed by atoms with Crippen LogP contribution in [0.1, 0.15) is 5.56 Å². The Morgan fingerprint density at radius 3 is 2.45 bits per heavy atom. The molecule has 0 aliphatic carbocycles. The van der Waals surface area contributed by atoms with Crippen molar-refractivity contribution in [3.8, 4) is 11.5 Å². The number of alkyl halides is 3. The molecule has 0 atom stereocenters. The van der Waals surface area contributed by atoms with Gasteiger partial charge in [-0.1, -0.05) is 0 Å². The van der Waals surface area contributed by atoms with E-state index in [-0.39, 0.29) is 17.5 Å². The number of aromatic nitrogens is 2. The maximum Gasteiger partial charge on any atom is 0.417 e. The number of nitrogens with two attached hydrogens (primary N) is 1. The second-order valence-corrected chi connectivity index (χ2v) is 4.75. The maximum absolute atomic E-state index is 12.9. The lowest BCUT2D eigenvalue weighted by atomic mass is 10.1. The van der Waals surface area contributed by atoms with Crippen molar-refractivity contribution in [2.24, 2.45) is 0 Å². The third kappa shape index (κ3) is 2.84. The highest BCUT2D eigenvalue weighted by Crippen LogP contribution is 2.36. The number of nitrogen functional groups attached to an aromatic ring is 1. The van der Waals surface area contributed by atoms with Crippen LogP contribution in [0.4, 0.5) is 24.9 Å². The molecule has 118 valence electrons. The third-order valence-electron chi connectivity index (χ3n) is 3.30. The van der Waals surface area contributed by atoms with Gasteiger partial charge in [0, 0.05) is 19.3 Å². The second-order valence-electron chi connectivity index (χ2n) is 4.75. The molecule has 0 amide bonds. The monoisotopic (exact) mass is 314 g/mol. The van der Waals surface area contributed by atoms with E-state index >= 15 is 0 Å².